The van der Waals surface area contributed by atoms with E-state index in [1.165, 1.54) is 18.2 Å². The van der Waals surface area contributed by atoms with E-state index in [9.17, 15) is 18.3 Å². The Morgan fingerprint density at radius 3 is 2.28 bits per heavy atom. The van der Waals surface area contributed by atoms with E-state index >= 15 is 8.78 Å². The van der Waals surface area contributed by atoms with Crippen LogP contribution in [0.4, 0.5) is 22.0 Å². The lowest BCUT2D eigenvalue weighted by atomic mass is 9.81. The van der Waals surface area contributed by atoms with Crippen molar-refractivity contribution in [3.05, 3.63) is 135 Å². The fourth-order valence-electron chi connectivity index (χ4n) is 4.11. The maximum absolute atomic E-state index is 15.9. The van der Waals surface area contributed by atoms with Crippen LogP contribution in [0.5, 0.6) is 5.75 Å². The number of aliphatic hydroxyl groups is 1. The van der Waals surface area contributed by atoms with Gasteiger partial charge in [-0.3, -0.25) is 4.98 Å². The van der Waals surface area contributed by atoms with Crippen LogP contribution < -0.4 is 4.74 Å². The number of tetrazole rings is 1. The summed E-state index contributed by atoms with van der Waals surface area (Å²) in [4.78, 5) is 3.78. The molecule has 0 aliphatic rings. The number of pyridine rings is 1. The maximum Gasteiger partial charge on any atom is 0.322 e. The molecular formula is C30H19ClF5N5O2. The highest BCUT2D eigenvalue weighted by Crippen LogP contribution is 2.47. The van der Waals surface area contributed by atoms with Crippen molar-refractivity contribution < 1.29 is 31.8 Å². The number of hydrogen-bond donors (Lipinski definition) is 2. The minimum Gasteiger partial charge on any atom is -0.489 e. The van der Waals surface area contributed by atoms with E-state index in [1.54, 1.807) is 30.3 Å². The molecule has 5 rings (SSSR count). The fourth-order valence-corrected chi connectivity index (χ4v) is 4.23. The molecule has 3 aromatic carbocycles. The zero-order valence-electron chi connectivity index (χ0n) is 21.8. The summed E-state index contributed by atoms with van der Waals surface area (Å²) in [6.45, 7) is 0.176. The molecular weight excluding hydrogens is 593 g/mol. The van der Waals surface area contributed by atoms with Crippen molar-refractivity contribution in [3.63, 3.8) is 0 Å². The molecule has 0 amide bonds. The van der Waals surface area contributed by atoms with Gasteiger partial charge < -0.3 is 9.84 Å². The lowest BCUT2D eigenvalue weighted by Gasteiger charge is -2.35. The average molecular weight is 612 g/mol. The third-order valence-electron chi connectivity index (χ3n) is 6.39. The van der Waals surface area contributed by atoms with Gasteiger partial charge in [-0.2, -0.15) is 14.0 Å². The number of nitrogens with one attached hydrogen (secondary N) is 1. The summed E-state index contributed by atoms with van der Waals surface area (Å²) in [6.07, 6.45) is 0.124. The zero-order valence-corrected chi connectivity index (χ0v) is 22.6. The summed E-state index contributed by atoms with van der Waals surface area (Å²) in [5.41, 5.74) is -3.33. The molecule has 0 aliphatic heterocycles. The molecule has 0 bridgehead atoms. The van der Waals surface area contributed by atoms with Gasteiger partial charge in [0.05, 0.1) is 11.4 Å². The van der Waals surface area contributed by atoms with Crippen molar-refractivity contribution in [1.82, 2.24) is 25.6 Å². The van der Waals surface area contributed by atoms with Crippen molar-refractivity contribution in [2.24, 2.45) is 0 Å². The van der Waals surface area contributed by atoms with Crippen LogP contribution in [0.1, 0.15) is 33.8 Å². The van der Waals surface area contributed by atoms with Gasteiger partial charge >= 0.3 is 5.92 Å². The van der Waals surface area contributed by atoms with Crippen molar-refractivity contribution in [2.45, 2.75) is 24.6 Å². The second-order valence-electron chi connectivity index (χ2n) is 9.31. The highest BCUT2D eigenvalue weighted by Gasteiger charge is 2.58. The maximum atomic E-state index is 15.9. The van der Waals surface area contributed by atoms with Gasteiger partial charge in [0.15, 0.2) is 11.4 Å². The van der Waals surface area contributed by atoms with Crippen LogP contribution in [0.15, 0.2) is 79.0 Å². The van der Waals surface area contributed by atoms with Crippen LogP contribution in [-0.2, 0) is 24.6 Å². The number of H-pyrrole nitrogens is 1. The van der Waals surface area contributed by atoms with Gasteiger partial charge in [0.1, 0.15) is 35.5 Å². The molecule has 2 heterocycles. The number of aromatic amines is 1. The van der Waals surface area contributed by atoms with Gasteiger partial charge in [-0.05, 0) is 48.0 Å². The average Bonchev–Trinajstić information content (AvgIpc) is 3.50. The quantitative estimate of drug-likeness (QED) is 0.168. The highest BCUT2D eigenvalue weighted by molar-refractivity contribution is 6.30. The molecule has 13 heteroatoms. The van der Waals surface area contributed by atoms with E-state index in [4.69, 9.17) is 16.3 Å². The molecule has 43 heavy (non-hydrogen) atoms. The minimum atomic E-state index is -4.19. The number of ether oxygens (including phenoxy) is 1. The molecule has 5 aromatic rings. The summed E-state index contributed by atoms with van der Waals surface area (Å²) in [6, 6.07) is 15.2. The van der Waals surface area contributed by atoms with Crippen LogP contribution in [0.2, 0.25) is 5.02 Å². The number of hydrogen-bond acceptors (Lipinski definition) is 6. The van der Waals surface area contributed by atoms with Crippen LogP contribution >= 0.6 is 11.6 Å². The third-order valence-corrected chi connectivity index (χ3v) is 6.69. The van der Waals surface area contributed by atoms with Gasteiger partial charge in [0.25, 0.3) is 0 Å². The molecule has 2 N–H and O–H groups in total. The predicted molar refractivity (Wildman–Crippen MR) is 144 cm³/mol. The summed E-state index contributed by atoms with van der Waals surface area (Å²) < 4.78 is 79.0. The Labute approximate surface area is 246 Å². The fraction of sp³-hybridized carbons (Fsp3) is 0.133. The number of nitrogens with zero attached hydrogens (tertiary/aromatic N) is 4. The summed E-state index contributed by atoms with van der Waals surface area (Å²) >= 11 is 5.67. The number of aromatic nitrogens is 5. The van der Waals surface area contributed by atoms with E-state index in [1.807, 2.05) is 0 Å². The molecule has 7 nitrogen and oxygen atoms in total. The Kier molecular flexibility index (Phi) is 8.38. The Balaban J connectivity index is 1.32. The van der Waals surface area contributed by atoms with Crippen LogP contribution in [-0.4, -0.2) is 30.7 Å². The Hall–Kier alpha value is -4.86. The molecule has 0 radical (unpaired) electrons. The molecule has 0 fully saturated rings. The first-order valence-corrected chi connectivity index (χ1v) is 12.9. The second-order valence-corrected chi connectivity index (χ2v) is 9.71. The van der Waals surface area contributed by atoms with Crippen molar-refractivity contribution in [2.75, 3.05) is 0 Å². The Morgan fingerprint density at radius 1 is 0.884 bits per heavy atom. The summed E-state index contributed by atoms with van der Waals surface area (Å²) in [5.74, 6) is -1.47. The topological polar surface area (TPSA) is 96.8 Å². The predicted octanol–water partition coefficient (Wildman–Crippen LogP) is 5.87. The lowest BCUT2D eigenvalue weighted by molar-refractivity contribution is -0.199. The van der Waals surface area contributed by atoms with Crippen LogP contribution in [0, 0.1) is 29.3 Å². The van der Waals surface area contributed by atoms with E-state index in [-0.39, 0.29) is 23.0 Å². The number of alkyl halides is 2. The molecule has 0 aliphatic carbocycles. The van der Waals surface area contributed by atoms with Crippen molar-refractivity contribution >= 4 is 11.6 Å². The molecule has 218 valence electrons. The zero-order chi connectivity index (χ0) is 30.6. The standard InChI is InChI=1S/C30H19ClF5N5O2/c31-24-11-9-22(14-26(24)34)43-17-20-5-2-18(3-6-20)1-4-19-7-12-27(37-16-19)30(35,36)29(42,15-28-38-40-41-39-28)23-10-8-21(32)13-25(23)33/h2-3,5-14,16,42H,15,17H2,(H,38,39,40,41). The molecule has 2 aromatic heterocycles. The molecule has 0 saturated heterocycles. The van der Waals surface area contributed by atoms with E-state index in [0.29, 0.717) is 17.4 Å². The third kappa shape index (κ3) is 6.48. The Bertz CT molecular complexity index is 1790. The number of halogens is 6. The SMILES string of the molecule is OC(Cc1nn[nH]n1)(c1ccc(F)cc1F)C(F)(F)c1ccc(C#Cc2ccc(COc3ccc(Cl)c(F)c3)cc2)cn1. The van der Waals surface area contributed by atoms with Gasteiger partial charge in [0.2, 0.25) is 0 Å². The molecule has 0 spiro atoms. The van der Waals surface area contributed by atoms with E-state index < -0.39 is 46.7 Å². The van der Waals surface area contributed by atoms with Crippen LogP contribution in [0.3, 0.4) is 0 Å². The first-order valence-electron chi connectivity index (χ1n) is 12.5. The lowest BCUT2D eigenvalue weighted by Crippen LogP contribution is -2.46. The smallest absolute Gasteiger partial charge is 0.322 e. The molecule has 1 atom stereocenters. The molecule has 1 unspecified atom stereocenters. The summed E-state index contributed by atoms with van der Waals surface area (Å²) in [5, 5.41) is 23.8. The normalized spacial score (nSPS) is 12.7. The molecule has 0 saturated carbocycles. The second kappa shape index (κ2) is 12.2. The van der Waals surface area contributed by atoms with Crippen LogP contribution in [0.25, 0.3) is 0 Å². The Morgan fingerprint density at radius 2 is 1.63 bits per heavy atom. The highest BCUT2D eigenvalue weighted by atomic mass is 35.5. The van der Waals surface area contributed by atoms with Gasteiger partial charge in [-0.15, -0.1) is 10.2 Å². The first kappa shape index (κ1) is 29.6. The largest absolute Gasteiger partial charge is 0.489 e. The summed E-state index contributed by atoms with van der Waals surface area (Å²) in [7, 11) is 0. The van der Waals surface area contributed by atoms with E-state index in [0.717, 1.165) is 30.0 Å². The monoisotopic (exact) mass is 611 g/mol. The van der Waals surface area contributed by atoms with Gasteiger partial charge in [-0.1, -0.05) is 46.9 Å². The van der Waals surface area contributed by atoms with Gasteiger partial charge in [-0.25, -0.2) is 13.2 Å². The minimum absolute atomic E-state index is 0.00350. The van der Waals surface area contributed by atoms with Crippen molar-refractivity contribution in [1.29, 1.82) is 0 Å². The first-order chi connectivity index (χ1) is 20.5. The van der Waals surface area contributed by atoms with Crippen molar-refractivity contribution in [3.8, 4) is 17.6 Å². The number of benzene rings is 3. The van der Waals surface area contributed by atoms with Gasteiger partial charge in [0, 0.05) is 35.0 Å². The van der Waals surface area contributed by atoms with E-state index in [2.05, 4.69) is 37.4 Å². The number of rotatable bonds is 8.